The molecular weight excluding hydrogens is 286 g/mol. The summed E-state index contributed by atoms with van der Waals surface area (Å²) in [4.78, 5) is 17.7. The van der Waals surface area contributed by atoms with Gasteiger partial charge in [0.05, 0.1) is 10.9 Å². The molecule has 2 aromatic carbocycles. The summed E-state index contributed by atoms with van der Waals surface area (Å²) in [6.45, 7) is 2.04. The van der Waals surface area contributed by atoms with E-state index in [9.17, 15) is 4.79 Å². The zero-order valence-corrected chi connectivity index (χ0v) is 12.7. The van der Waals surface area contributed by atoms with Crippen molar-refractivity contribution in [3.8, 4) is 11.4 Å². The summed E-state index contributed by atoms with van der Waals surface area (Å²) in [6, 6.07) is 19.2. The normalized spacial score (nSPS) is 11.0. The molecule has 0 amide bonds. The summed E-state index contributed by atoms with van der Waals surface area (Å²) < 4.78 is 3.37. The highest BCUT2D eigenvalue weighted by molar-refractivity contribution is 5.79. The molecule has 2 heterocycles. The van der Waals surface area contributed by atoms with Crippen molar-refractivity contribution in [2.24, 2.45) is 0 Å². The Morgan fingerprint density at radius 2 is 1.57 bits per heavy atom. The molecule has 0 saturated heterocycles. The maximum Gasteiger partial charge on any atom is 0.281 e. The second kappa shape index (κ2) is 5.25. The smallest absolute Gasteiger partial charge is 0.267 e. The topological polar surface area (TPSA) is 39.8 Å². The van der Waals surface area contributed by atoms with Crippen molar-refractivity contribution in [1.29, 1.82) is 0 Å². The molecule has 0 unspecified atom stereocenters. The van der Waals surface area contributed by atoms with Crippen LogP contribution >= 0.6 is 0 Å². The van der Waals surface area contributed by atoms with Crippen LogP contribution < -0.4 is 5.56 Å². The lowest BCUT2D eigenvalue weighted by Gasteiger charge is -2.14. The standard InChI is InChI=1S/C19H15N3O/c1-14-8-10-15(11-9-14)18-20-17-7-3-2-6-16(17)19(23)22(18)21-12-4-5-13-21/h2-13H,1H3. The van der Waals surface area contributed by atoms with Crippen LogP contribution in [-0.4, -0.2) is 14.3 Å². The molecule has 4 heteroatoms. The first kappa shape index (κ1) is 13.5. The average Bonchev–Trinajstić information content (AvgIpc) is 3.09. The van der Waals surface area contributed by atoms with Gasteiger partial charge in [0.15, 0.2) is 5.82 Å². The van der Waals surface area contributed by atoms with Crippen LogP contribution in [0.2, 0.25) is 0 Å². The highest BCUT2D eigenvalue weighted by atomic mass is 16.1. The molecule has 23 heavy (non-hydrogen) atoms. The molecule has 4 aromatic rings. The quantitative estimate of drug-likeness (QED) is 0.568. The van der Waals surface area contributed by atoms with Gasteiger partial charge < -0.3 is 0 Å². The lowest BCUT2D eigenvalue weighted by Crippen LogP contribution is -2.28. The minimum Gasteiger partial charge on any atom is -0.267 e. The minimum absolute atomic E-state index is 0.0811. The van der Waals surface area contributed by atoms with Crippen LogP contribution in [0.15, 0.2) is 77.9 Å². The molecule has 0 N–H and O–H groups in total. The number of aromatic nitrogens is 3. The fourth-order valence-electron chi connectivity index (χ4n) is 2.69. The van der Waals surface area contributed by atoms with Gasteiger partial charge in [-0.1, -0.05) is 42.0 Å². The van der Waals surface area contributed by atoms with Gasteiger partial charge in [0.25, 0.3) is 5.56 Å². The van der Waals surface area contributed by atoms with Crippen molar-refractivity contribution >= 4 is 10.9 Å². The van der Waals surface area contributed by atoms with E-state index in [-0.39, 0.29) is 5.56 Å². The number of hydrogen-bond donors (Lipinski definition) is 0. The van der Waals surface area contributed by atoms with E-state index < -0.39 is 0 Å². The van der Waals surface area contributed by atoms with E-state index >= 15 is 0 Å². The van der Waals surface area contributed by atoms with E-state index in [0.717, 1.165) is 5.56 Å². The van der Waals surface area contributed by atoms with Gasteiger partial charge in [-0.2, -0.15) is 4.68 Å². The first-order valence-electron chi connectivity index (χ1n) is 7.46. The van der Waals surface area contributed by atoms with Gasteiger partial charge in [-0.3, -0.25) is 9.47 Å². The zero-order chi connectivity index (χ0) is 15.8. The third kappa shape index (κ3) is 2.25. The lowest BCUT2D eigenvalue weighted by atomic mass is 10.1. The summed E-state index contributed by atoms with van der Waals surface area (Å²) in [5.41, 5.74) is 2.70. The molecule has 4 rings (SSSR count). The number of aryl methyl sites for hydroxylation is 1. The number of nitrogens with zero attached hydrogens (tertiary/aromatic N) is 3. The number of rotatable bonds is 2. The molecule has 0 radical (unpaired) electrons. The number of benzene rings is 2. The molecule has 2 aromatic heterocycles. The monoisotopic (exact) mass is 301 g/mol. The van der Waals surface area contributed by atoms with Crippen molar-refractivity contribution in [2.45, 2.75) is 6.92 Å². The van der Waals surface area contributed by atoms with Crippen LogP contribution in [-0.2, 0) is 0 Å². The van der Waals surface area contributed by atoms with Gasteiger partial charge in [-0.15, -0.1) is 0 Å². The van der Waals surface area contributed by atoms with E-state index in [4.69, 9.17) is 4.98 Å². The van der Waals surface area contributed by atoms with E-state index in [1.165, 1.54) is 5.56 Å². The maximum atomic E-state index is 13.0. The zero-order valence-electron chi connectivity index (χ0n) is 12.7. The van der Waals surface area contributed by atoms with Gasteiger partial charge in [0.2, 0.25) is 0 Å². The van der Waals surface area contributed by atoms with Crippen molar-refractivity contribution < 1.29 is 0 Å². The summed E-state index contributed by atoms with van der Waals surface area (Å²) in [5.74, 6) is 0.630. The van der Waals surface area contributed by atoms with E-state index in [0.29, 0.717) is 16.7 Å². The van der Waals surface area contributed by atoms with Crippen molar-refractivity contribution in [3.05, 3.63) is 89.0 Å². The number of para-hydroxylation sites is 1. The van der Waals surface area contributed by atoms with Crippen molar-refractivity contribution in [1.82, 2.24) is 14.3 Å². The van der Waals surface area contributed by atoms with Gasteiger partial charge in [-0.25, -0.2) is 4.98 Å². The molecule has 0 saturated carbocycles. The largest absolute Gasteiger partial charge is 0.281 e. The molecule has 0 bridgehead atoms. The molecule has 0 aliphatic heterocycles. The minimum atomic E-state index is -0.0811. The second-order valence-electron chi connectivity index (χ2n) is 5.50. The Bertz CT molecular complexity index is 1030. The Hall–Kier alpha value is -3.14. The van der Waals surface area contributed by atoms with Crippen LogP contribution in [0.3, 0.4) is 0 Å². The number of fused-ring (bicyclic) bond motifs is 1. The predicted octanol–water partition coefficient (Wildman–Crippen LogP) is 3.48. The fourth-order valence-corrected chi connectivity index (χ4v) is 2.69. The summed E-state index contributed by atoms with van der Waals surface area (Å²) in [5, 5.41) is 0.608. The summed E-state index contributed by atoms with van der Waals surface area (Å²) in [7, 11) is 0. The molecule has 0 spiro atoms. The lowest BCUT2D eigenvalue weighted by molar-refractivity contribution is 0.637. The highest BCUT2D eigenvalue weighted by Crippen LogP contribution is 2.19. The first-order chi connectivity index (χ1) is 11.2. The third-order valence-corrected chi connectivity index (χ3v) is 3.88. The van der Waals surface area contributed by atoms with Crippen LogP contribution in [0, 0.1) is 6.92 Å². The van der Waals surface area contributed by atoms with Crippen LogP contribution in [0.4, 0.5) is 0 Å². The van der Waals surface area contributed by atoms with Crippen LogP contribution in [0.25, 0.3) is 22.3 Å². The van der Waals surface area contributed by atoms with E-state index in [1.807, 2.05) is 80.0 Å². The van der Waals surface area contributed by atoms with Crippen molar-refractivity contribution in [2.75, 3.05) is 0 Å². The molecule has 4 nitrogen and oxygen atoms in total. The third-order valence-electron chi connectivity index (χ3n) is 3.88. The SMILES string of the molecule is Cc1ccc(-c2nc3ccccc3c(=O)n2-n2cccc2)cc1. The molecule has 0 aliphatic carbocycles. The molecule has 0 fully saturated rings. The Kier molecular flexibility index (Phi) is 3.08. The van der Waals surface area contributed by atoms with Gasteiger partial charge in [-0.05, 0) is 31.2 Å². The Balaban J connectivity index is 2.11. The van der Waals surface area contributed by atoms with E-state index in [2.05, 4.69) is 0 Å². The van der Waals surface area contributed by atoms with Crippen LogP contribution in [0.5, 0.6) is 0 Å². The predicted molar refractivity (Wildman–Crippen MR) is 91.4 cm³/mol. The van der Waals surface area contributed by atoms with Gasteiger partial charge >= 0.3 is 0 Å². The second-order valence-corrected chi connectivity index (χ2v) is 5.50. The van der Waals surface area contributed by atoms with Crippen molar-refractivity contribution in [3.63, 3.8) is 0 Å². The summed E-state index contributed by atoms with van der Waals surface area (Å²) in [6.07, 6.45) is 3.69. The maximum absolute atomic E-state index is 13.0. The molecule has 0 aliphatic rings. The van der Waals surface area contributed by atoms with Crippen LogP contribution in [0.1, 0.15) is 5.56 Å². The average molecular weight is 301 g/mol. The highest BCUT2D eigenvalue weighted by Gasteiger charge is 2.13. The van der Waals surface area contributed by atoms with E-state index in [1.54, 1.807) is 9.35 Å². The fraction of sp³-hybridized carbons (Fsp3) is 0.0526. The van der Waals surface area contributed by atoms with Gasteiger partial charge in [0, 0.05) is 18.0 Å². The van der Waals surface area contributed by atoms with Gasteiger partial charge in [0.1, 0.15) is 0 Å². The molecular formula is C19H15N3O. The Morgan fingerprint density at radius 1 is 0.870 bits per heavy atom. The summed E-state index contributed by atoms with van der Waals surface area (Å²) >= 11 is 0. The molecule has 112 valence electrons. The Morgan fingerprint density at radius 3 is 2.30 bits per heavy atom. The molecule has 0 atom stereocenters. The first-order valence-corrected chi connectivity index (χ1v) is 7.46. The number of hydrogen-bond acceptors (Lipinski definition) is 2. The Labute approximate surface area is 133 Å².